The molecule has 5 nitrogen and oxygen atoms in total. The zero-order chi connectivity index (χ0) is 16.7. The van der Waals surface area contributed by atoms with Gasteiger partial charge in [0.1, 0.15) is 5.82 Å². The van der Waals surface area contributed by atoms with Gasteiger partial charge in [-0.05, 0) is 43.5 Å². The summed E-state index contributed by atoms with van der Waals surface area (Å²) in [6, 6.07) is 6.07. The fourth-order valence-electron chi connectivity index (χ4n) is 2.45. The highest BCUT2D eigenvalue weighted by atomic mass is 19.1. The molecule has 1 aliphatic rings. The number of hydrogen-bond donors (Lipinski definition) is 1. The molecule has 0 atom stereocenters. The average molecular weight is 320 g/mol. The normalized spacial score (nSPS) is 15.7. The van der Waals surface area contributed by atoms with E-state index in [2.05, 4.69) is 5.32 Å². The number of nitrogens with one attached hydrogen (secondary N) is 1. The van der Waals surface area contributed by atoms with E-state index in [1.54, 1.807) is 30.0 Å². The van der Waals surface area contributed by atoms with Crippen LogP contribution in [0.2, 0.25) is 0 Å². The Balaban J connectivity index is 1.77. The summed E-state index contributed by atoms with van der Waals surface area (Å²) in [4.78, 5) is 25.1. The van der Waals surface area contributed by atoms with Crippen LogP contribution < -0.4 is 5.32 Å². The van der Waals surface area contributed by atoms with Gasteiger partial charge in [0.2, 0.25) is 5.91 Å². The molecule has 0 saturated carbocycles. The molecule has 0 unspecified atom stereocenters. The number of ether oxygens (including phenoxy) is 1. The highest BCUT2D eigenvalue weighted by molar-refractivity contribution is 5.91. The van der Waals surface area contributed by atoms with Gasteiger partial charge in [-0.3, -0.25) is 4.79 Å². The van der Waals surface area contributed by atoms with Crippen molar-refractivity contribution >= 4 is 18.1 Å². The third kappa shape index (κ3) is 5.39. The van der Waals surface area contributed by atoms with Crippen LogP contribution in [0.15, 0.2) is 30.3 Å². The first-order valence-electron chi connectivity index (χ1n) is 7.74. The van der Waals surface area contributed by atoms with E-state index in [1.165, 1.54) is 18.2 Å². The van der Waals surface area contributed by atoms with Crippen molar-refractivity contribution in [3.63, 3.8) is 0 Å². The van der Waals surface area contributed by atoms with E-state index < -0.39 is 0 Å². The van der Waals surface area contributed by atoms with Gasteiger partial charge in [0.05, 0.1) is 6.61 Å². The average Bonchev–Trinajstić information content (AvgIpc) is 2.54. The summed E-state index contributed by atoms with van der Waals surface area (Å²) < 4.78 is 18.0. The topological polar surface area (TPSA) is 58.6 Å². The molecule has 2 rings (SSSR count). The van der Waals surface area contributed by atoms with E-state index in [9.17, 15) is 14.0 Å². The second kappa shape index (κ2) is 8.31. The van der Waals surface area contributed by atoms with Crippen LogP contribution in [0, 0.1) is 5.82 Å². The summed E-state index contributed by atoms with van der Waals surface area (Å²) in [6.45, 7) is 3.27. The molecule has 23 heavy (non-hydrogen) atoms. The van der Waals surface area contributed by atoms with E-state index in [4.69, 9.17) is 4.74 Å². The monoisotopic (exact) mass is 320 g/mol. The van der Waals surface area contributed by atoms with Crippen molar-refractivity contribution in [2.45, 2.75) is 25.8 Å². The number of carbonyl (C=O) groups excluding carboxylic acids is 2. The van der Waals surface area contributed by atoms with Crippen molar-refractivity contribution in [2.24, 2.45) is 0 Å². The Hall–Kier alpha value is -2.37. The number of nitrogens with zero attached hydrogens (tertiary/aromatic N) is 1. The van der Waals surface area contributed by atoms with Crippen LogP contribution in [0.25, 0.3) is 6.08 Å². The molecule has 124 valence electrons. The predicted octanol–water partition coefficient (Wildman–Crippen LogP) is 2.58. The Kier molecular flexibility index (Phi) is 6.14. The standard InChI is InChI=1S/C17H21FN2O3/c1-2-23-17(22)20-10-8-15(9-11-20)19-16(21)7-6-13-4-3-5-14(18)12-13/h3-7,12,15H,2,8-11H2,1H3,(H,19,21)/b7-6+. The van der Waals surface area contributed by atoms with Gasteiger partial charge in [0, 0.05) is 25.2 Å². The summed E-state index contributed by atoms with van der Waals surface area (Å²) in [6.07, 6.45) is 4.05. The maximum Gasteiger partial charge on any atom is 0.409 e. The Bertz CT molecular complexity index is 581. The highest BCUT2D eigenvalue weighted by Gasteiger charge is 2.23. The maximum absolute atomic E-state index is 13.0. The Morgan fingerprint density at radius 2 is 2.13 bits per heavy atom. The van der Waals surface area contributed by atoms with Crippen molar-refractivity contribution in [3.05, 3.63) is 41.7 Å². The van der Waals surface area contributed by atoms with Crippen molar-refractivity contribution in [1.29, 1.82) is 0 Å². The Labute approximate surface area is 135 Å². The minimum Gasteiger partial charge on any atom is -0.450 e. The SMILES string of the molecule is CCOC(=O)N1CCC(NC(=O)/C=C/c2cccc(F)c2)CC1. The van der Waals surface area contributed by atoms with Crippen LogP contribution in [0.4, 0.5) is 9.18 Å². The van der Waals surface area contributed by atoms with E-state index in [0.717, 1.165) is 0 Å². The lowest BCUT2D eigenvalue weighted by Gasteiger charge is -2.31. The van der Waals surface area contributed by atoms with Gasteiger partial charge in [0.15, 0.2) is 0 Å². The number of rotatable bonds is 4. The Morgan fingerprint density at radius 3 is 2.78 bits per heavy atom. The first-order valence-corrected chi connectivity index (χ1v) is 7.74. The molecule has 1 saturated heterocycles. The number of likely N-dealkylation sites (tertiary alicyclic amines) is 1. The van der Waals surface area contributed by atoms with Crippen LogP contribution in [-0.2, 0) is 9.53 Å². The minimum absolute atomic E-state index is 0.0327. The van der Waals surface area contributed by atoms with E-state index in [-0.39, 0.29) is 23.9 Å². The lowest BCUT2D eigenvalue weighted by molar-refractivity contribution is -0.117. The number of halogens is 1. The van der Waals surface area contributed by atoms with Crippen LogP contribution in [0.1, 0.15) is 25.3 Å². The van der Waals surface area contributed by atoms with Crippen LogP contribution >= 0.6 is 0 Å². The van der Waals surface area contributed by atoms with E-state index >= 15 is 0 Å². The third-order valence-electron chi connectivity index (χ3n) is 3.64. The molecular weight excluding hydrogens is 299 g/mol. The summed E-state index contributed by atoms with van der Waals surface area (Å²) in [5, 5.41) is 2.90. The number of piperidine rings is 1. The Morgan fingerprint density at radius 1 is 1.39 bits per heavy atom. The fraction of sp³-hybridized carbons (Fsp3) is 0.412. The molecule has 0 radical (unpaired) electrons. The second-order valence-corrected chi connectivity index (χ2v) is 5.36. The molecular formula is C17H21FN2O3. The molecule has 1 heterocycles. The highest BCUT2D eigenvalue weighted by Crippen LogP contribution is 2.12. The smallest absolute Gasteiger partial charge is 0.409 e. The minimum atomic E-state index is -0.334. The number of amides is 2. The van der Waals surface area contributed by atoms with Gasteiger partial charge in [-0.25, -0.2) is 9.18 Å². The van der Waals surface area contributed by atoms with Crippen LogP contribution in [-0.4, -0.2) is 42.6 Å². The van der Waals surface area contributed by atoms with Crippen LogP contribution in [0.3, 0.4) is 0 Å². The first kappa shape index (κ1) is 17.0. The molecule has 1 fully saturated rings. The summed E-state index contributed by atoms with van der Waals surface area (Å²) in [5.41, 5.74) is 0.636. The van der Waals surface area contributed by atoms with Gasteiger partial charge >= 0.3 is 6.09 Å². The zero-order valence-electron chi connectivity index (χ0n) is 13.1. The van der Waals surface area contributed by atoms with Crippen molar-refractivity contribution in [3.8, 4) is 0 Å². The molecule has 1 aromatic rings. The van der Waals surface area contributed by atoms with Crippen molar-refractivity contribution < 1.29 is 18.7 Å². The number of carbonyl (C=O) groups is 2. The molecule has 0 bridgehead atoms. The maximum atomic E-state index is 13.0. The number of benzene rings is 1. The summed E-state index contributed by atoms with van der Waals surface area (Å²) in [7, 11) is 0. The molecule has 6 heteroatoms. The van der Waals surface area contributed by atoms with Crippen LogP contribution in [0.5, 0.6) is 0 Å². The van der Waals surface area contributed by atoms with Crippen molar-refractivity contribution in [2.75, 3.05) is 19.7 Å². The van der Waals surface area contributed by atoms with Gasteiger partial charge in [-0.1, -0.05) is 12.1 Å². The molecule has 0 aliphatic carbocycles. The zero-order valence-corrected chi connectivity index (χ0v) is 13.1. The quantitative estimate of drug-likeness (QED) is 0.868. The lowest BCUT2D eigenvalue weighted by atomic mass is 10.1. The first-order chi connectivity index (χ1) is 11.1. The largest absolute Gasteiger partial charge is 0.450 e. The molecule has 2 amide bonds. The van der Waals surface area contributed by atoms with E-state index in [1.807, 2.05) is 0 Å². The third-order valence-corrected chi connectivity index (χ3v) is 3.64. The fourth-order valence-corrected chi connectivity index (χ4v) is 2.45. The molecule has 0 aromatic heterocycles. The summed E-state index contributed by atoms with van der Waals surface area (Å²) in [5.74, 6) is -0.553. The molecule has 1 aromatic carbocycles. The van der Waals surface area contributed by atoms with Gasteiger partial charge in [-0.15, -0.1) is 0 Å². The lowest BCUT2D eigenvalue weighted by Crippen LogP contribution is -2.46. The van der Waals surface area contributed by atoms with Gasteiger partial charge in [0.25, 0.3) is 0 Å². The molecule has 0 spiro atoms. The van der Waals surface area contributed by atoms with E-state index in [0.29, 0.717) is 38.1 Å². The molecule has 1 N–H and O–H groups in total. The number of hydrogen-bond acceptors (Lipinski definition) is 3. The van der Waals surface area contributed by atoms with Crippen molar-refractivity contribution in [1.82, 2.24) is 10.2 Å². The van der Waals surface area contributed by atoms with Gasteiger partial charge in [-0.2, -0.15) is 0 Å². The van der Waals surface area contributed by atoms with Gasteiger partial charge < -0.3 is 15.0 Å². The molecule has 1 aliphatic heterocycles. The second-order valence-electron chi connectivity index (χ2n) is 5.36. The predicted molar refractivity (Wildman–Crippen MR) is 85.2 cm³/mol. The summed E-state index contributed by atoms with van der Waals surface area (Å²) >= 11 is 0.